The number of hydrogen-bond acceptors (Lipinski definition) is 10. The lowest BCUT2D eigenvalue weighted by atomic mass is 9.93. The van der Waals surface area contributed by atoms with Crippen LogP contribution in [0.15, 0.2) is 54.6 Å². The molecule has 208 valence electrons. The van der Waals surface area contributed by atoms with Gasteiger partial charge in [-0.3, -0.25) is 4.79 Å². The summed E-state index contributed by atoms with van der Waals surface area (Å²) in [4.78, 5) is 26.3. The van der Waals surface area contributed by atoms with Crippen LogP contribution in [0.25, 0.3) is 0 Å². The van der Waals surface area contributed by atoms with E-state index in [0.717, 1.165) is 19.3 Å². The second kappa shape index (κ2) is 15.6. The van der Waals surface area contributed by atoms with Crippen LogP contribution in [0.5, 0.6) is 0 Å². The number of nitrogens with zero attached hydrogens (tertiary/aromatic N) is 3. The average Bonchev–Trinajstić information content (AvgIpc) is 2.93. The molecule has 11 heteroatoms. The monoisotopic (exact) mass is 534 g/mol. The molecule has 0 atom stereocenters. The molecule has 1 aliphatic carbocycles. The van der Waals surface area contributed by atoms with E-state index in [4.69, 9.17) is 15.2 Å². The molecule has 1 aromatic heterocycles. The first-order valence-corrected chi connectivity index (χ1v) is 13.5. The molecular weight excluding hydrogens is 496 g/mol. The van der Waals surface area contributed by atoms with Crippen molar-refractivity contribution in [2.45, 2.75) is 31.7 Å². The maximum absolute atomic E-state index is 12.6. The Balaban J connectivity index is 1.32. The Kier molecular flexibility index (Phi) is 11.3. The van der Waals surface area contributed by atoms with Gasteiger partial charge in [0.25, 0.3) is 5.91 Å². The molecule has 6 N–H and O–H groups in total. The predicted octanol–water partition coefficient (Wildman–Crippen LogP) is 2.96. The third-order valence-corrected chi connectivity index (χ3v) is 6.16. The van der Waals surface area contributed by atoms with Gasteiger partial charge >= 0.3 is 0 Å². The number of ether oxygens (including phenoxy) is 2. The minimum atomic E-state index is -0.187. The number of carbonyl (C=O) groups excluding carboxylic acids is 1. The maximum Gasteiger partial charge on any atom is 0.251 e. The van der Waals surface area contributed by atoms with Gasteiger partial charge in [-0.2, -0.15) is 15.0 Å². The van der Waals surface area contributed by atoms with E-state index < -0.39 is 0 Å². The van der Waals surface area contributed by atoms with Crippen LogP contribution in [0.2, 0.25) is 0 Å². The molecule has 0 spiro atoms. The normalized spacial score (nSPS) is 12.9. The Hall–Kier alpha value is -3.80. The van der Waals surface area contributed by atoms with Crippen molar-refractivity contribution in [3.8, 4) is 0 Å². The highest BCUT2D eigenvalue weighted by Crippen LogP contribution is 2.23. The Bertz CT molecular complexity index is 1160. The molecule has 11 nitrogen and oxygen atoms in total. The summed E-state index contributed by atoms with van der Waals surface area (Å²) in [6.07, 6.45) is 4.27. The fraction of sp³-hybridized carbons (Fsp3) is 0.429. The zero-order valence-electron chi connectivity index (χ0n) is 22.2. The summed E-state index contributed by atoms with van der Waals surface area (Å²) < 4.78 is 10.7. The Morgan fingerprint density at radius 1 is 0.872 bits per heavy atom. The number of nitrogens with two attached hydrogens (primary N) is 1. The molecule has 3 aromatic rings. The summed E-state index contributed by atoms with van der Waals surface area (Å²) in [5, 5.41) is 12.8. The number of benzene rings is 2. The summed E-state index contributed by atoms with van der Waals surface area (Å²) >= 11 is 0. The van der Waals surface area contributed by atoms with Crippen molar-refractivity contribution in [1.82, 2.24) is 20.3 Å². The molecule has 1 amide bonds. The van der Waals surface area contributed by atoms with Gasteiger partial charge in [-0.25, -0.2) is 0 Å². The third-order valence-electron chi connectivity index (χ3n) is 6.16. The van der Waals surface area contributed by atoms with Crippen molar-refractivity contribution in [1.29, 1.82) is 0 Å². The zero-order chi connectivity index (χ0) is 27.1. The van der Waals surface area contributed by atoms with E-state index in [1.807, 2.05) is 30.3 Å². The first-order chi connectivity index (χ1) is 19.2. The lowest BCUT2D eigenvalue weighted by Gasteiger charge is -2.26. The minimum absolute atomic E-state index is 0.187. The van der Waals surface area contributed by atoms with Crippen LogP contribution in [0.1, 0.15) is 35.2 Å². The molecule has 1 fully saturated rings. The largest absolute Gasteiger partial charge is 0.378 e. The average molecular weight is 535 g/mol. The van der Waals surface area contributed by atoms with Crippen molar-refractivity contribution in [3.05, 3.63) is 65.7 Å². The Morgan fingerprint density at radius 2 is 1.64 bits per heavy atom. The summed E-state index contributed by atoms with van der Waals surface area (Å²) in [6.45, 7) is 3.44. The summed E-state index contributed by atoms with van der Waals surface area (Å²) in [6, 6.07) is 17.9. The fourth-order valence-corrected chi connectivity index (χ4v) is 3.89. The summed E-state index contributed by atoms with van der Waals surface area (Å²) in [5.41, 5.74) is 7.84. The first kappa shape index (κ1) is 28.2. The fourth-order valence-electron chi connectivity index (χ4n) is 3.89. The molecule has 0 bridgehead atoms. The standard InChI is InChI=1S/C28H38N8O3/c29-13-16-38-18-19-39-17-15-30-25(37)22-8-4-11-24(20-22)33-28-35-26(31-14-12-21-6-2-1-3-7-21)34-27(36-28)32-23-9-5-10-23/h1-4,6-8,11,20,23H,5,9-10,12-19,29H2,(H,30,37)(H3,31,32,33,34,35,36). The van der Waals surface area contributed by atoms with E-state index in [0.29, 0.717) is 81.2 Å². The van der Waals surface area contributed by atoms with Crippen LogP contribution in [0.4, 0.5) is 23.5 Å². The molecule has 1 aliphatic rings. The second-order valence-corrected chi connectivity index (χ2v) is 9.22. The molecule has 1 heterocycles. The van der Waals surface area contributed by atoms with Crippen molar-refractivity contribution < 1.29 is 14.3 Å². The number of hydrogen-bond donors (Lipinski definition) is 5. The van der Waals surface area contributed by atoms with E-state index in [1.165, 1.54) is 12.0 Å². The highest BCUT2D eigenvalue weighted by atomic mass is 16.5. The topological polar surface area (TPSA) is 148 Å². The van der Waals surface area contributed by atoms with Crippen molar-refractivity contribution in [3.63, 3.8) is 0 Å². The molecule has 0 aliphatic heterocycles. The van der Waals surface area contributed by atoms with Gasteiger partial charge in [0.1, 0.15) is 0 Å². The predicted molar refractivity (Wildman–Crippen MR) is 152 cm³/mol. The number of carbonyl (C=O) groups is 1. The van der Waals surface area contributed by atoms with Gasteiger partial charge in [0.2, 0.25) is 17.8 Å². The van der Waals surface area contributed by atoms with Crippen LogP contribution < -0.4 is 27.0 Å². The first-order valence-electron chi connectivity index (χ1n) is 13.5. The molecule has 2 aromatic carbocycles. The van der Waals surface area contributed by atoms with E-state index in [2.05, 4.69) is 48.4 Å². The maximum atomic E-state index is 12.6. The van der Waals surface area contributed by atoms with Crippen LogP contribution in [-0.4, -0.2) is 73.0 Å². The lowest BCUT2D eigenvalue weighted by molar-refractivity contribution is 0.0511. The summed E-state index contributed by atoms with van der Waals surface area (Å²) in [7, 11) is 0. The quantitative estimate of drug-likeness (QED) is 0.164. The van der Waals surface area contributed by atoms with Crippen LogP contribution in [0, 0.1) is 0 Å². The van der Waals surface area contributed by atoms with Gasteiger partial charge in [0.05, 0.1) is 26.4 Å². The highest BCUT2D eigenvalue weighted by Gasteiger charge is 2.19. The van der Waals surface area contributed by atoms with Gasteiger partial charge in [0.15, 0.2) is 0 Å². The van der Waals surface area contributed by atoms with Gasteiger partial charge in [-0.05, 0) is 49.4 Å². The highest BCUT2D eigenvalue weighted by molar-refractivity contribution is 5.95. The molecule has 0 saturated heterocycles. The number of anilines is 4. The molecule has 0 unspecified atom stereocenters. The van der Waals surface area contributed by atoms with Crippen LogP contribution >= 0.6 is 0 Å². The van der Waals surface area contributed by atoms with Crippen molar-refractivity contribution >= 4 is 29.4 Å². The molecular formula is C28H38N8O3. The van der Waals surface area contributed by atoms with Crippen molar-refractivity contribution in [2.75, 3.05) is 62.0 Å². The number of nitrogens with one attached hydrogen (secondary N) is 4. The Labute approximate surface area is 229 Å². The lowest BCUT2D eigenvalue weighted by Crippen LogP contribution is -2.28. The molecule has 1 saturated carbocycles. The summed E-state index contributed by atoms with van der Waals surface area (Å²) in [5.74, 6) is 1.24. The zero-order valence-corrected chi connectivity index (χ0v) is 22.2. The van der Waals surface area contributed by atoms with Crippen LogP contribution in [-0.2, 0) is 15.9 Å². The molecule has 0 radical (unpaired) electrons. The molecule has 39 heavy (non-hydrogen) atoms. The van der Waals surface area contributed by atoms with Crippen LogP contribution in [0.3, 0.4) is 0 Å². The van der Waals surface area contributed by atoms with Gasteiger partial charge < -0.3 is 36.5 Å². The van der Waals surface area contributed by atoms with E-state index >= 15 is 0 Å². The number of rotatable bonds is 17. The van der Waals surface area contributed by atoms with Crippen molar-refractivity contribution in [2.24, 2.45) is 5.73 Å². The van der Waals surface area contributed by atoms with E-state index in [9.17, 15) is 4.79 Å². The second-order valence-electron chi connectivity index (χ2n) is 9.22. The number of aromatic nitrogens is 3. The smallest absolute Gasteiger partial charge is 0.251 e. The minimum Gasteiger partial charge on any atom is -0.378 e. The van der Waals surface area contributed by atoms with Gasteiger partial charge in [-0.1, -0.05) is 36.4 Å². The van der Waals surface area contributed by atoms with E-state index in [1.54, 1.807) is 12.1 Å². The molecule has 4 rings (SSSR count). The SMILES string of the molecule is NCCOCCOCCNC(=O)c1cccc(Nc2nc(NCCc3ccccc3)nc(NC3CCC3)n2)c1. The van der Waals surface area contributed by atoms with Gasteiger partial charge in [0, 0.05) is 36.9 Å². The van der Waals surface area contributed by atoms with E-state index in [-0.39, 0.29) is 5.91 Å². The van der Waals surface area contributed by atoms with Gasteiger partial charge in [-0.15, -0.1) is 0 Å². The third kappa shape index (κ3) is 9.78. The number of amides is 1. The Morgan fingerprint density at radius 3 is 2.41 bits per heavy atom.